The zero-order valence-electron chi connectivity index (χ0n) is 10.4. The third-order valence-electron chi connectivity index (χ3n) is 3.27. The first-order valence-corrected chi connectivity index (χ1v) is 5.90. The Morgan fingerprint density at radius 2 is 2.37 bits per heavy atom. The van der Waals surface area contributed by atoms with Crippen LogP contribution in [0.25, 0.3) is 10.4 Å². The van der Waals surface area contributed by atoms with Gasteiger partial charge in [-0.05, 0) is 12.5 Å². The zero-order valence-corrected chi connectivity index (χ0v) is 10.4. The van der Waals surface area contributed by atoms with E-state index < -0.39 is 18.4 Å². The fourth-order valence-electron chi connectivity index (χ4n) is 2.20. The average Bonchev–Trinajstić information content (AvgIpc) is 2.77. The van der Waals surface area contributed by atoms with Crippen LogP contribution >= 0.6 is 0 Å². The molecule has 0 aliphatic carbocycles. The lowest BCUT2D eigenvalue weighted by molar-refractivity contribution is -0.144. The van der Waals surface area contributed by atoms with Crippen LogP contribution in [-0.2, 0) is 14.3 Å². The molecule has 2 heterocycles. The Hall–Kier alpha value is -1.89. The molecule has 0 saturated carbocycles. The Morgan fingerprint density at radius 1 is 1.63 bits per heavy atom. The molecule has 0 unspecified atom stereocenters. The molecule has 0 aromatic carbocycles. The van der Waals surface area contributed by atoms with Gasteiger partial charge in [0, 0.05) is 23.1 Å². The van der Waals surface area contributed by atoms with Crippen molar-refractivity contribution < 1.29 is 19.4 Å². The number of aliphatic hydroxyl groups is 1. The highest BCUT2D eigenvalue weighted by molar-refractivity contribution is 6.09. The second-order valence-corrected chi connectivity index (χ2v) is 4.53. The van der Waals surface area contributed by atoms with Crippen LogP contribution in [0.2, 0.25) is 0 Å². The van der Waals surface area contributed by atoms with Gasteiger partial charge in [-0.2, -0.15) is 0 Å². The third kappa shape index (κ3) is 2.60. The summed E-state index contributed by atoms with van der Waals surface area (Å²) in [5.41, 5.74) is 8.93. The van der Waals surface area contributed by atoms with Gasteiger partial charge in [0.1, 0.15) is 6.23 Å². The second-order valence-electron chi connectivity index (χ2n) is 4.53. The number of Topliss-reactive ketones (excluding diaryl/α,β-unsaturated/α-hetero) is 1. The summed E-state index contributed by atoms with van der Waals surface area (Å²) < 4.78 is 5.50. The molecule has 0 radical (unpaired) electrons. The summed E-state index contributed by atoms with van der Waals surface area (Å²) in [5, 5.41) is 12.7. The molecule has 1 amide bonds. The van der Waals surface area contributed by atoms with Gasteiger partial charge in [0.05, 0.1) is 25.2 Å². The van der Waals surface area contributed by atoms with Crippen molar-refractivity contribution in [3.63, 3.8) is 0 Å². The summed E-state index contributed by atoms with van der Waals surface area (Å²) in [7, 11) is 0. The molecular weight excluding hydrogens is 252 g/mol. The van der Waals surface area contributed by atoms with Crippen LogP contribution in [0.5, 0.6) is 0 Å². The standard InChI is InChI=1S/C11H14N4O4/c1-6-4-15(10(18)3-8(6)17)11-2-7(13-14-12)9(5-16)19-11/h4,7,9,11,16H,2-3,5H2,1H3/t7-,9+,11+/m0/s1. The van der Waals surface area contributed by atoms with Gasteiger partial charge in [-0.25, -0.2) is 0 Å². The van der Waals surface area contributed by atoms with Crippen molar-refractivity contribution in [3.05, 3.63) is 22.2 Å². The highest BCUT2D eigenvalue weighted by Crippen LogP contribution is 2.28. The fraction of sp³-hybridized carbons (Fsp3) is 0.636. The summed E-state index contributed by atoms with van der Waals surface area (Å²) in [6, 6.07) is -0.515. The number of rotatable bonds is 3. The number of carbonyl (C=O) groups excluding carboxylic acids is 2. The number of ether oxygens (including phenoxy) is 1. The quantitative estimate of drug-likeness (QED) is 0.346. The Kier molecular flexibility index (Phi) is 3.84. The predicted molar refractivity (Wildman–Crippen MR) is 63.5 cm³/mol. The van der Waals surface area contributed by atoms with E-state index in [-0.39, 0.29) is 24.7 Å². The van der Waals surface area contributed by atoms with Crippen molar-refractivity contribution in [3.8, 4) is 0 Å². The predicted octanol–water partition coefficient (Wildman–Crippen LogP) is 0.478. The van der Waals surface area contributed by atoms with Crippen molar-refractivity contribution in [2.24, 2.45) is 5.11 Å². The van der Waals surface area contributed by atoms with E-state index in [9.17, 15) is 9.59 Å². The van der Waals surface area contributed by atoms with E-state index in [2.05, 4.69) is 10.0 Å². The minimum absolute atomic E-state index is 0.182. The average molecular weight is 266 g/mol. The van der Waals surface area contributed by atoms with Gasteiger partial charge in [0.15, 0.2) is 5.78 Å². The summed E-state index contributed by atoms with van der Waals surface area (Å²) in [4.78, 5) is 27.2. The number of allylic oxidation sites excluding steroid dienone is 1. The van der Waals surface area contributed by atoms with Crippen molar-refractivity contribution in [1.82, 2.24) is 4.90 Å². The highest BCUT2D eigenvalue weighted by Gasteiger charge is 2.40. The van der Waals surface area contributed by atoms with Gasteiger partial charge in [-0.15, -0.1) is 0 Å². The van der Waals surface area contributed by atoms with Crippen molar-refractivity contribution in [1.29, 1.82) is 0 Å². The molecular formula is C11H14N4O4. The van der Waals surface area contributed by atoms with Gasteiger partial charge >= 0.3 is 0 Å². The maximum Gasteiger partial charge on any atom is 0.236 e. The number of hydrogen-bond donors (Lipinski definition) is 1. The summed E-state index contributed by atoms with van der Waals surface area (Å²) in [6.07, 6.45) is 0.339. The Balaban J connectivity index is 2.17. The lowest BCUT2D eigenvalue weighted by atomic mass is 10.1. The monoisotopic (exact) mass is 266 g/mol. The number of azide groups is 1. The molecule has 1 fully saturated rings. The molecule has 8 nitrogen and oxygen atoms in total. The number of ketones is 1. The smallest absolute Gasteiger partial charge is 0.236 e. The van der Waals surface area contributed by atoms with Crippen LogP contribution in [0.3, 0.4) is 0 Å². The number of amides is 1. The van der Waals surface area contributed by atoms with E-state index in [1.165, 1.54) is 11.1 Å². The topological polar surface area (TPSA) is 116 Å². The number of hydrogen-bond acceptors (Lipinski definition) is 5. The van der Waals surface area contributed by atoms with Crippen LogP contribution in [0.1, 0.15) is 19.8 Å². The second kappa shape index (κ2) is 5.40. The van der Waals surface area contributed by atoms with Gasteiger partial charge in [0.2, 0.25) is 5.91 Å². The maximum absolute atomic E-state index is 11.8. The van der Waals surface area contributed by atoms with E-state index in [1.807, 2.05) is 0 Å². The SMILES string of the molecule is CC1=CN([C@H]2C[C@H](N=[N+]=[N-])[C@@H](CO)O2)C(=O)CC1=O. The van der Waals surface area contributed by atoms with E-state index in [0.29, 0.717) is 12.0 Å². The molecule has 0 bridgehead atoms. The molecule has 2 rings (SSSR count). The van der Waals surface area contributed by atoms with Crippen LogP contribution in [-0.4, -0.2) is 46.7 Å². The molecule has 1 N–H and O–H groups in total. The normalized spacial score (nSPS) is 31.2. The number of aliphatic hydroxyl groups excluding tert-OH is 1. The third-order valence-corrected chi connectivity index (χ3v) is 3.27. The lowest BCUT2D eigenvalue weighted by Gasteiger charge is -2.28. The molecule has 8 heteroatoms. The maximum atomic E-state index is 11.8. The minimum Gasteiger partial charge on any atom is -0.394 e. The molecule has 2 aliphatic rings. The Labute approximate surface area is 109 Å². The fourth-order valence-corrected chi connectivity index (χ4v) is 2.20. The first-order valence-electron chi connectivity index (χ1n) is 5.90. The molecule has 0 spiro atoms. The van der Waals surface area contributed by atoms with Crippen LogP contribution in [0.15, 0.2) is 16.9 Å². The largest absolute Gasteiger partial charge is 0.394 e. The van der Waals surface area contributed by atoms with Gasteiger partial charge in [0.25, 0.3) is 0 Å². The Bertz CT molecular complexity index is 483. The van der Waals surface area contributed by atoms with Crippen molar-refractivity contribution in [2.75, 3.05) is 6.61 Å². The van der Waals surface area contributed by atoms with E-state index in [1.54, 1.807) is 6.92 Å². The van der Waals surface area contributed by atoms with Crippen molar-refractivity contribution in [2.45, 2.75) is 38.1 Å². The van der Waals surface area contributed by atoms with Gasteiger partial charge in [-0.3, -0.25) is 14.5 Å². The van der Waals surface area contributed by atoms with E-state index in [4.69, 9.17) is 15.4 Å². The summed E-state index contributed by atoms with van der Waals surface area (Å²) >= 11 is 0. The molecule has 1 saturated heterocycles. The van der Waals surface area contributed by atoms with Crippen LogP contribution in [0.4, 0.5) is 0 Å². The van der Waals surface area contributed by atoms with E-state index >= 15 is 0 Å². The first kappa shape index (κ1) is 13.5. The molecule has 3 atom stereocenters. The number of carbonyl (C=O) groups is 2. The first-order chi connectivity index (χ1) is 9.06. The summed E-state index contributed by atoms with van der Waals surface area (Å²) in [5.74, 6) is -0.552. The highest BCUT2D eigenvalue weighted by atomic mass is 16.5. The molecule has 102 valence electrons. The molecule has 2 aliphatic heterocycles. The van der Waals surface area contributed by atoms with Gasteiger partial charge in [-0.1, -0.05) is 5.11 Å². The van der Waals surface area contributed by atoms with Gasteiger partial charge < -0.3 is 9.84 Å². The molecule has 19 heavy (non-hydrogen) atoms. The Morgan fingerprint density at radius 3 is 3.00 bits per heavy atom. The van der Waals surface area contributed by atoms with Crippen LogP contribution in [0, 0.1) is 0 Å². The van der Waals surface area contributed by atoms with Crippen molar-refractivity contribution >= 4 is 11.7 Å². The molecule has 0 aromatic heterocycles. The zero-order chi connectivity index (χ0) is 14.0. The van der Waals surface area contributed by atoms with Crippen LogP contribution < -0.4 is 0 Å². The minimum atomic E-state index is -0.625. The molecule has 0 aromatic rings. The number of nitrogens with zero attached hydrogens (tertiary/aromatic N) is 4. The van der Waals surface area contributed by atoms with E-state index in [0.717, 1.165) is 0 Å². The summed E-state index contributed by atoms with van der Waals surface area (Å²) in [6.45, 7) is 1.34. The lowest BCUT2D eigenvalue weighted by Crippen LogP contribution is -2.40.